The van der Waals surface area contributed by atoms with Crippen molar-refractivity contribution in [3.8, 4) is 0 Å². The molecule has 5 nitrogen and oxygen atoms in total. The number of nitrogens with one attached hydrogen (secondary N) is 2. The van der Waals surface area contributed by atoms with E-state index in [4.69, 9.17) is 0 Å². The fourth-order valence-electron chi connectivity index (χ4n) is 2.05. The Morgan fingerprint density at radius 1 is 1.35 bits per heavy atom. The van der Waals surface area contributed by atoms with Gasteiger partial charge >= 0.3 is 0 Å². The number of anilines is 1. The number of aromatic nitrogens is 2. The summed E-state index contributed by atoms with van der Waals surface area (Å²) in [5, 5.41) is 5.86. The number of carbonyl (C=O) groups excluding carboxylic acids is 1. The number of amides is 1. The number of halogens is 1. The summed E-state index contributed by atoms with van der Waals surface area (Å²) in [6.07, 6.45) is 1.45. The highest BCUT2D eigenvalue weighted by molar-refractivity contribution is 5.91. The average molecular weight is 297 g/mol. The molecule has 0 bridgehead atoms. The zero-order valence-electron chi connectivity index (χ0n) is 11.8. The van der Waals surface area contributed by atoms with E-state index in [2.05, 4.69) is 27.1 Å². The maximum atomic E-state index is 11.8. The molecule has 0 aliphatic rings. The SMILES string of the molecule is CCCn1c(NC(=O)CCNC)nc2ccccc21.Cl. The monoisotopic (exact) mass is 296 g/mol. The first kappa shape index (κ1) is 16.5. The number of para-hydroxylation sites is 2. The zero-order chi connectivity index (χ0) is 13.7. The first-order valence-electron chi connectivity index (χ1n) is 6.66. The maximum Gasteiger partial charge on any atom is 0.227 e. The van der Waals surface area contributed by atoms with Crippen molar-refractivity contribution in [1.29, 1.82) is 0 Å². The van der Waals surface area contributed by atoms with Crippen LogP contribution in [0.2, 0.25) is 0 Å². The minimum Gasteiger partial charge on any atom is -0.319 e. The van der Waals surface area contributed by atoms with Gasteiger partial charge in [0.1, 0.15) is 0 Å². The van der Waals surface area contributed by atoms with Crippen LogP contribution < -0.4 is 10.6 Å². The Kier molecular flexibility index (Phi) is 6.48. The number of carbonyl (C=O) groups is 1. The number of rotatable bonds is 6. The Balaban J connectivity index is 0.00000200. The maximum absolute atomic E-state index is 11.8. The summed E-state index contributed by atoms with van der Waals surface area (Å²) in [6, 6.07) is 7.94. The summed E-state index contributed by atoms with van der Waals surface area (Å²) in [6.45, 7) is 3.63. The smallest absolute Gasteiger partial charge is 0.227 e. The molecule has 2 rings (SSSR count). The molecule has 0 saturated heterocycles. The zero-order valence-corrected chi connectivity index (χ0v) is 12.7. The molecule has 1 aromatic carbocycles. The van der Waals surface area contributed by atoms with Crippen LogP contribution in [-0.2, 0) is 11.3 Å². The van der Waals surface area contributed by atoms with Gasteiger partial charge in [-0.25, -0.2) is 4.98 Å². The van der Waals surface area contributed by atoms with E-state index in [1.54, 1.807) is 0 Å². The minimum atomic E-state index is -0.0120. The second kappa shape index (κ2) is 7.87. The van der Waals surface area contributed by atoms with E-state index in [9.17, 15) is 4.79 Å². The fraction of sp³-hybridized carbons (Fsp3) is 0.429. The number of imidazole rings is 1. The van der Waals surface area contributed by atoms with Gasteiger partial charge in [-0.05, 0) is 25.6 Å². The van der Waals surface area contributed by atoms with Gasteiger partial charge in [0.15, 0.2) is 0 Å². The molecule has 2 N–H and O–H groups in total. The van der Waals surface area contributed by atoms with E-state index in [0.29, 0.717) is 18.9 Å². The van der Waals surface area contributed by atoms with Crippen LogP contribution in [-0.4, -0.2) is 29.1 Å². The predicted molar refractivity (Wildman–Crippen MR) is 84.4 cm³/mol. The quantitative estimate of drug-likeness (QED) is 0.860. The van der Waals surface area contributed by atoms with Crippen LogP contribution >= 0.6 is 12.4 Å². The lowest BCUT2D eigenvalue weighted by atomic mass is 10.3. The van der Waals surface area contributed by atoms with Crippen LogP contribution in [0.5, 0.6) is 0 Å². The van der Waals surface area contributed by atoms with Gasteiger partial charge in [-0.3, -0.25) is 10.1 Å². The largest absolute Gasteiger partial charge is 0.319 e. The van der Waals surface area contributed by atoms with Crippen LogP contribution in [0.15, 0.2) is 24.3 Å². The van der Waals surface area contributed by atoms with Crippen LogP contribution in [0.1, 0.15) is 19.8 Å². The molecular formula is C14H21ClN4O. The number of hydrogen-bond acceptors (Lipinski definition) is 3. The number of aryl methyl sites for hydroxylation is 1. The molecular weight excluding hydrogens is 276 g/mol. The molecule has 0 radical (unpaired) electrons. The second-order valence-corrected chi connectivity index (χ2v) is 4.48. The summed E-state index contributed by atoms with van der Waals surface area (Å²) < 4.78 is 2.06. The Bertz CT molecular complexity index is 567. The Morgan fingerprint density at radius 2 is 2.10 bits per heavy atom. The van der Waals surface area contributed by atoms with Crippen LogP contribution in [0.3, 0.4) is 0 Å². The van der Waals surface area contributed by atoms with Gasteiger partial charge < -0.3 is 9.88 Å². The molecule has 1 aromatic heterocycles. The topological polar surface area (TPSA) is 59.0 Å². The first-order chi connectivity index (χ1) is 9.26. The normalized spacial score (nSPS) is 10.3. The molecule has 0 aliphatic heterocycles. The predicted octanol–water partition coefficient (Wildman–Crippen LogP) is 2.42. The van der Waals surface area contributed by atoms with Crippen molar-refractivity contribution in [1.82, 2.24) is 14.9 Å². The third kappa shape index (κ3) is 3.71. The molecule has 0 atom stereocenters. The van der Waals surface area contributed by atoms with Crippen LogP contribution in [0, 0.1) is 0 Å². The van der Waals surface area contributed by atoms with E-state index in [1.807, 2.05) is 31.3 Å². The van der Waals surface area contributed by atoms with Gasteiger partial charge in [-0.2, -0.15) is 0 Å². The van der Waals surface area contributed by atoms with E-state index in [1.165, 1.54) is 0 Å². The van der Waals surface area contributed by atoms with Crippen molar-refractivity contribution in [2.24, 2.45) is 0 Å². The van der Waals surface area contributed by atoms with E-state index < -0.39 is 0 Å². The average Bonchev–Trinajstić information content (AvgIpc) is 2.75. The van der Waals surface area contributed by atoms with Gasteiger partial charge in [0.05, 0.1) is 11.0 Å². The van der Waals surface area contributed by atoms with Crippen LogP contribution in [0.25, 0.3) is 11.0 Å². The first-order valence-corrected chi connectivity index (χ1v) is 6.66. The van der Waals surface area contributed by atoms with E-state index in [-0.39, 0.29) is 18.3 Å². The summed E-state index contributed by atoms with van der Waals surface area (Å²) >= 11 is 0. The summed E-state index contributed by atoms with van der Waals surface area (Å²) in [7, 11) is 1.83. The molecule has 0 fully saturated rings. The third-order valence-corrected chi connectivity index (χ3v) is 2.96. The summed E-state index contributed by atoms with van der Waals surface area (Å²) in [4.78, 5) is 16.3. The molecule has 0 unspecified atom stereocenters. The Hall–Kier alpha value is -1.59. The highest BCUT2D eigenvalue weighted by atomic mass is 35.5. The molecule has 110 valence electrons. The van der Waals surface area contributed by atoms with Gasteiger partial charge in [0.25, 0.3) is 0 Å². The number of benzene rings is 1. The van der Waals surface area contributed by atoms with Crippen molar-refractivity contribution >= 4 is 35.3 Å². The molecule has 1 heterocycles. The molecule has 20 heavy (non-hydrogen) atoms. The summed E-state index contributed by atoms with van der Waals surface area (Å²) in [5.74, 6) is 0.631. The molecule has 0 spiro atoms. The van der Waals surface area contributed by atoms with Crippen molar-refractivity contribution in [2.45, 2.75) is 26.3 Å². The van der Waals surface area contributed by atoms with Gasteiger partial charge in [-0.1, -0.05) is 19.1 Å². The van der Waals surface area contributed by atoms with E-state index in [0.717, 1.165) is 24.0 Å². The highest BCUT2D eigenvalue weighted by Gasteiger charge is 2.11. The van der Waals surface area contributed by atoms with Gasteiger partial charge in [0, 0.05) is 19.5 Å². The molecule has 6 heteroatoms. The molecule has 0 aliphatic carbocycles. The molecule has 2 aromatic rings. The van der Waals surface area contributed by atoms with Gasteiger partial charge in [0.2, 0.25) is 11.9 Å². The third-order valence-electron chi connectivity index (χ3n) is 2.96. The lowest BCUT2D eigenvalue weighted by molar-refractivity contribution is -0.116. The molecule has 1 amide bonds. The molecule has 0 saturated carbocycles. The van der Waals surface area contributed by atoms with Gasteiger partial charge in [-0.15, -0.1) is 12.4 Å². The number of hydrogen-bond donors (Lipinski definition) is 2. The van der Waals surface area contributed by atoms with E-state index >= 15 is 0 Å². The number of nitrogens with zero attached hydrogens (tertiary/aromatic N) is 2. The van der Waals surface area contributed by atoms with Crippen LogP contribution in [0.4, 0.5) is 5.95 Å². The van der Waals surface area contributed by atoms with Crippen molar-refractivity contribution in [3.63, 3.8) is 0 Å². The fourth-order valence-corrected chi connectivity index (χ4v) is 2.05. The standard InChI is InChI=1S/C14H20N4O.ClH/c1-3-10-18-12-7-5-4-6-11(12)16-14(18)17-13(19)8-9-15-2;/h4-7,15H,3,8-10H2,1-2H3,(H,16,17,19);1H. The number of fused-ring (bicyclic) bond motifs is 1. The van der Waals surface area contributed by atoms with Crippen molar-refractivity contribution in [2.75, 3.05) is 18.9 Å². The lowest BCUT2D eigenvalue weighted by Gasteiger charge is -2.08. The highest BCUT2D eigenvalue weighted by Crippen LogP contribution is 2.20. The second-order valence-electron chi connectivity index (χ2n) is 4.48. The van der Waals surface area contributed by atoms with Crippen molar-refractivity contribution < 1.29 is 4.79 Å². The minimum absolute atomic E-state index is 0. The van der Waals surface area contributed by atoms with Crippen molar-refractivity contribution in [3.05, 3.63) is 24.3 Å². The lowest BCUT2D eigenvalue weighted by Crippen LogP contribution is -2.20. The summed E-state index contributed by atoms with van der Waals surface area (Å²) in [5.41, 5.74) is 1.98. The Morgan fingerprint density at radius 3 is 2.80 bits per heavy atom. The Labute approximate surface area is 125 Å².